The first kappa shape index (κ1) is 18.3. The van der Waals surface area contributed by atoms with Gasteiger partial charge in [-0.25, -0.2) is 4.98 Å². The van der Waals surface area contributed by atoms with E-state index in [1.165, 1.54) is 5.56 Å². The number of aryl methyl sites for hydroxylation is 1. The Hall–Kier alpha value is -1.47. The minimum absolute atomic E-state index is 0.720. The van der Waals surface area contributed by atoms with Crippen molar-refractivity contribution in [1.29, 1.82) is 0 Å². The predicted molar refractivity (Wildman–Crippen MR) is 101 cm³/mol. The van der Waals surface area contributed by atoms with Crippen LogP contribution in [0.3, 0.4) is 0 Å². The molecule has 136 valence electrons. The van der Waals surface area contributed by atoms with Crippen LogP contribution in [0, 0.1) is 6.92 Å². The highest BCUT2D eigenvalue weighted by atomic mass is 32.1. The van der Waals surface area contributed by atoms with Crippen LogP contribution in [-0.2, 0) is 17.8 Å². The first-order valence-electron chi connectivity index (χ1n) is 8.80. The molecule has 0 saturated carbocycles. The maximum Gasteiger partial charge on any atom is 0.119 e. The van der Waals surface area contributed by atoms with Gasteiger partial charge in [-0.1, -0.05) is 12.1 Å². The van der Waals surface area contributed by atoms with Crippen molar-refractivity contribution in [2.24, 2.45) is 0 Å². The quantitative estimate of drug-likeness (QED) is 0.723. The average Bonchev–Trinajstić information content (AvgIpc) is 3.01. The van der Waals surface area contributed by atoms with Gasteiger partial charge in [-0.15, -0.1) is 11.3 Å². The summed E-state index contributed by atoms with van der Waals surface area (Å²) >= 11 is 1.73. The molecule has 25 heavy (non-hydrogen) atoms. The third-order valence-electron chi connectivity index (χ3n) is 4.20. The van der Waals surface area contributed by atoms with Gasteiger partial charge in [-0.05, 0) is 31.7 Å². The Labute approximate surface area is 154 Å². The lowest BCUT2D eigenvalue weighted by Crippen LogP contribution is -2.38. The molecule has 2 heterocycles. The lowest BCUT2D eigenvalue weighted by atomic mass is 10.2. The number of hydrogen-bond donors (Lipinski definition) is 0. The highest BCUT2D eigenvalue weighted by Crippen LogP contribution is 2.17. The van der Waals surface area contributed by atoms with E-state index in [4.69, 9.17) is 9.47 Å². The molecule has 0 N–H and O–H groups in total. The van der Waals surface area contributed by atoms with Crippen molar-refractivity contribution in [3.8, 4) is 5.75 Å². The van der Waals surface area contributed by atoms with Crippen LogP contribution < -0.4 is 4.74 Å². The molecule has 6 heteroatoms. The van der Waals surface area contributed by atoms with Gasteiger partial charge in [0.15, 0.2) is 0 Å². The van der Waals surface area contributed by atoms with Crippen molar-refractivity contribution >= 4 is 11.3 Å². The van der Waals surface area contributed by atoms with Crippen LogP contribution in [0.2, 0.25) is 0 Å². The van der Waals surface area contributed by atoms with Gasteiger partial charge in [0, 0.05) is 37.3 Å². The van der Waals surface area contributed by atoms with E-state index in [-0.39, 0.29) is 0 Å². The van der Waals surface area contributed by atoms with E-state index >= 15 is 0 Å². The molecule has 5 nitrogen and oxygen atoms in total. The molecular weight excluding hydrogens is 334 g/mol. The van der Waals surface area contributed by atoms with Crippen molar-refractivity contribution in [3.63, 3.8) is 0 Å². The second-order valence-corrected chi connectivity index (χ2v) is 7.45. The number of morpholine rings is 1. The van der Waals surface area contributed by atoms with E-state index in [0.29, 0.717) is 0 Å². The molecule has 0 radical (unpaired) electrons. The Morgan fingerprint density at radius 2 is 2.12 bits per heavy atom. The Balaban J connectivity index is 1.45. The van der Waals surface area contributed by atoms with Crippen LogP contribution in [0.1, 0.15) is 16.3 Å². The summed E-state index contributed by atoms with van der Waals surface area (Å²) in [7, 11) is 2.13. The van der Waals surface area contributed by atoms with Gasteiger partial charge in [-0.2, -0.15) is 0 Å². The molecule has 0 spiro atoms. The zero-order valence-electron chi connectivity index (χ0n) is 15.1. The van der Waals surface area contributed by atoms with E-state index in [9.17, 15) is 0 Å². The molecule has 1 aromatic carbocycles. The summed E-state index contributed by atoms with van der Waals surface area (Å²) < 4.78 is 11.3. The first-order chi connectivity index (χ1) is 12.2. The van der Waals surface area contributed by atoms with Crippen molar-refractivity contribution < 1.29 is 9.47 Å². The molecular formula is C19H27N3O2S. The van der Waals surface area contributed by atoms with Crippen LogP contribution in [0.5, 0.6) is 5.75 Å². The van der Waals surface area contributed by atoms with Gasteiger partial charge in [-0.3, -0.25) is 9.80 Å². The summed E-state index contributed by atoms with van der Waals surface area (Å²) in [5.74, 6) is 0.948. The van der Waals surface area contributed by atoms with Gasteiger partial charge in [0.05, 0.1) is 19.8 Å². The topological polar surface area (TPSA) is 37.8 Å². The third-order valence-corrected chi connectivity index (χ3v) is 5.15. The number of hydrogen-bond acceptors (Lipinski definition) is 6. The number of aromatic nitrogens is 1. The molecule has 1 aromatic heterocycles. The van der Waals surface area contributed by atoms with Crippen molar-refractivity contribution in [3.05, 3.63) is 45.9 Å². The minimum atomic E-state index is 0.720. The fraction of sp³-hybridized carbons (Fsp3) is 0.526. The van der Waals surface area contributed by atoms with Gasteiger partial charge in [0.1, 0.15) is 17.4 Å². The predicted octanol–water partition coefficient (Wildman–Crippen LogP) is 2.79. The maximum atomic E-state index is 5.94. The second kappa shape index (κ2) is 9.29. The standard InChI is InChI=1S/C19H27N3O2S/c1-16-15-25-19(20-16)14-21(2)13-17-4-3-5-18(12-17)24-11-8-22-6-9-23-10-7-22/h3-5,12,15H,6-11,13-14H2,1-2H3. The normalized spacial score (nSPS) is 15.6. The molecule has 0 atom stereocenters. The molecule has 1 fully saturated rings. The lowest BCUT2D eigenvalue weighted by molar-refractivity contribution is 0.0322. The monoisotopic (exact) mass is 361 g/mol. The van der Waals surface area contributed by atoms with E-state index < -0.39 is 0 Å². The summed E-state index contributed by atoms with van der Waals surface area (Å²) in [6.45, 7) is 9.15. The molecule has 0 bridgehead atoms. The van der Waals surface area contributed by atoms with Crippen LogP contribution in [-0.4, -0.2) is 61.3 Å². The fourth-order valence-corrected chi connectivity index (χ4v) is 3.78. The van der Waals surface area contributed by atoms with Gasteiger partial charge in [0.25, 0.3) is 0 Å². The lowest BCUT2D eigenvalue weighted by Gasteiger charge is -2.26. The van der Waals surface area contributed by atoms with Crippen molar-refractivity contribution in [1.82, 2.24) is 14.8 Å². The van der Waals surface area contributed by atoms with Gasteiger partial charge in [0.2, 0.25) is 0 Å². The highest BCUT2D eigenvalue weighted by Gasteiger charge is 2.10. The van der Waals surface area contributed by atoms with Crippen LogP contribution in [0.4, 0.5) is 0 Å². The number of benzene rings is 1. The molecule has 3 rings (SSSR count). The summed E-state index contributed by atoms with van der Waals surface area (Å²) in [5, 5.41) is 3.27. The zero-order chi connectivity index (χ0) is 17.5. The largest absolute Gasteiger partial charge is 0.492 e. The van der Waals surface area contributed by atoms with Crippen molar-refractivity contribution in [2.75, 3.05) is 46.5 Å². The average molecular weight is 362 g/mol. The number of thiazole rings is 1. The summed E-state index contributed by atoms with van der Waals surface area (Å²) in [6.07, 6.45) is 0. The molecule has 1 aliphatic rings. The van der Waals surface area contributed by atoms with Crippen LogP contribution in [0.15, 0.2) is 29.6 Å². The van der Waals surface area contributed by atoms with E-state index in [1.807, 2.05) is 13.0 Å². The van der Waals surface area contributed by atoms with Gasteiger partial charge < -0.3 is 9.47 Å². The third kappa shape index (κ3) is 6.08. The second-order valence-electron chi connectivity index (χ2n) is 6.50. The summed E-state index contributed by atoms with van der Waals surface area (Å²) in [6, 6.07) is 8.40. The smallest absolute Gasteiger partial charge is 0.119 e. The van der Waals surface area contributed by atoms with E-state index in [2.05, 4.69) is 45.4 Å². The molecule has 1 saturated heterocycles. The van der Waals surface area contributed by atoms with Gasteiger partial charge >= 0.3 is 0 Å². The Bertz CT molecular complexity index is 656. The van der Waals surface area contributed by atoms with E-state index in [0.717, 1.165) is 69.0 Å². The zero-order valence-corrected chi connectivity index (χ0v) is 15.9. The first-order valence-corrected chi connectivity index (χ1v) is 9.68. The minimum Gasteiger partial charge on any atom is -0.492 e. The number of nitrogens with zero attached hydrogens (tertiary/aromatic N) is 3. The molecule has 2 aromatic rings. The molecule has 0 amide bonds. The maximum absolute atomic E-state index is 5.94. The fourth-order valence-electron chi connectivity index (χ4n) is 2.92. The summed E-state index contributed by atoms with van der Waals surface area (Å²) in [4.78, 5) is 9.20. The Morgan fingerprint density at radius 3 is 2.88 bits per heavy atom. The Kier molecular flexibility index (Phi) is 6.81. The number of rotatable bonds is 8. The number of ether oxygens (including phenoxy) is 2. The van der Waals surface area contributed by atoms with Crippen LogP contribution in [0.25, 0.3) is 0 Å². The van der Waals surface area contributed by atoms with E-state index in [1.54, 1.807) is 11.3 Å². The molecule has 0 aliphatic carbocycles. The summed E-state index contributed by atoms with van der Waals surface area (Å²) in [5.41, 5.74) is 2.36. The molecule has 1 aliphatic heterocycles. The molecule has 0 unspecified atom stereocenters. The SMILES string of the molecule is Cc1csc(CN(C)Cc2cccc(OCCN3CCOCC3)c2)n1. The Morgan fingerprint density at radius 1 is 1.28 bits per heavy atom. The highest BCUT2D eigenvalue weighted by molar-refractivity contribution is 7.09. The van der Waals surface area contributed by atoms with Crippen LogP contribution >= 0.6 is 11.3 Å². The van der Waals surface area contributed by atoms with Crippen molar-refractivity contribution in [2.45, 2.75) is 20.0 Å².